The van der Waals surface area contributed by atoms with Gasteiger partial charge in [0.2, 0.25) is 0 Å². The van der Waals surface area contributed by atoms with E-state index in [9.17, 15) is 4.79 Å². The molecule has 29 heavy (non-hydrogen) atoms. The summed E-state index contributed by atoms with van der Waals surface area (Å²) in [5, 5.41) is 10.1. The minimum atomic E-state index is -0.192. The van der Waals surface area contributed by atoms with E-state index in [1.165, 1.54) is 7.11 Å². The molecular weight excluding hydrogens is 392 g/mol. The number of nitrogens with zero attached hydrogens (tertiary/aromatic N) is 1. The highest BCUT2D eigenvalue weighted by Gasteiger charge is 2.07. The van der Waals surface area contributed by atoms with Crippen LogP contribution in [0.5, 0.6) is 17.2 Å². The number of likely N-dealkylation sites (N-methyl/N-ethyl adjacent to an activating group) is 1. The number of carbonyl (C=O) groups excluding carboxylic acids is 1. The third-order valence-corrected chi connectivity index (χ3v) is 3.84. The molecule has 2 aromatic rings. The molecule has 0 aliphatic heterocycles. The van der Waals surface area contributed by atoms with Crippen molar-refractivity contribution in [3.63, 3.8) is 0 Å². The zero-order chi connectivity index (χ0) is 21.1. The normalized spacial score (nSPS) is 10.3. The van der Waals surface area contributed by atoms with E-state index in [-0.39, 0.29) is 12.5 Å². The quantitative estimate of drug-likeness (QED) is 0.329. The number of hydrogen-bond acceptors (Lipinski definition) is 6. The third kappa shape index (κ3) is 7.30. The van der Waals surface area contributed by atoms with Gasteiger partial charge in [-0.25, -0.2) is 0 Å². The SMILES string of the molecule is CCNC(=O)COc1ccc(/C=N\NC(=S)Nc2ccc(OC)cc2)cc1OC. The highest BCUT2D eigenvalue weighted by molar-refractivity contribution is 7.80. The number of rotatable bonds is 9. The Hall–Kier alpha value is -3.33. The minimum Gasteiger partial charge on any atom is -0.497 e. The molecule has 0 spiro atoms. The molecule has 154 valence electrons. The first kappa shape index (κ1) is 22.0. The number of ether oxygens (including phenoxy) is 3. The highest BCUT2D eigenvalue weighted by atomic mass is 32.1. The Bertz CT molecular complexity index is 856. The molecule has 1 amide bonds. The topological polar surface area (TPSA) is 93.2 Å². The molecule has 0 aliphatic carbocycles. The Morgan fingerprint density at radius 1 is 1.10 bits per heavy atom. The summed E-state index contributed by atoms with van der Waals surface area (Å²) in [5.41, 5.74) is 4.33. The lowest BCUT2D eigenvalue weighted by molar-refractivity contribution is -0.123. The molecule has 2 rings (SSSR count). The van der Waals surface area contributed by atoms with Gasteiger partial charge < -0.3 is 24.8 Å². The summed E-state index contributed by atoms with van der Waals surface area (Å²) in [6.07, 6.45) is 1.60. The molecule has 8 nitrogen and oxygen atoms in total. The monoisotopic (exact) mass is 416 g/mol. The molecule has 0 saturated carbocycles. The third-order valence-electron chi connectivity index (χ3n) is 3.65. The van der Waals surface area contributed by atoms with Crippen LogP contribution in [0.4, 0.5) is 5.69 Å². The summed E-state index contributed by atoms with van der Waals surface area (Å²) < 4.78 is 15.9. The largest absolute Gasteiger partial charge is 0.497 e. The van der Waals surface area contributed by atoms with Gasteiger partial charge in [0.15, 0.2) is 23.2 Å². The standard InChI is InChI=1S/C20H24N4O4S/c1-4-21-19(25)13-28-17-10-5-14(11-18(17)27-3)12-22-24-20(29)23-15-6-8-16(26-2)9-7-15/h5-12H,4,13H2,1-3H3,(H,21,25)(H2,23,24,29)/b22-12-. The Labute approximate surface area is 175 Å². The maximum absolute atomic E-state index is 11.5. The van der Waals surface area contributed by atoms with Crippen molar-refractivity contribution in [2.24, 2.45) is 5.10 Å². The fourth-order valence-corrected chi connectivity index (χ4v) is 2.44. The van der Waals surface area contributed by atoms with Crippen molar-refractivity contribution >= 4 is 35.1 Å². The fraction of sp³-hybridized carbons (Fsp3) is 0.250. The van der Waals surface area contributed by atoms with Crippen LogP contribution in [0.25, 0.3) is 0 Å². The molecular formula is C20H24N4O4S. The van der Waals surface area contributed by atoms with Crippen LogP contribution in [0.15, 0.2) is 47.6 Å². The first-order valence-electron chi connectivity index (χ1n) is 8.87. The van der Waals surface area contributed by atoms with E-state index in [0.717, 1.165) is 17.0 Å². The van der Waals surface area contributed by atoms with E-state index >= 15 is 0 Å². The van der Waals surface area contributed by atoms with E-state index in [2.05, 4.69) is 21.2 Å². The number of amides is 1. The summed E-state index contributed by atoms with van der Waals surface area (Å²) in [6, 6.07) is 12.6. The summed E-state index contributed by atoms with van der Waals surface area (Å²) in [4.78, 5) is 11.5. The molecule has 0 fully saturated rings. The molecule has 0 atom stereocenters. The number of thiocarbonyl (C=S) groups is 1. The van der Waals surface area contributed by atoms with Crippen LogP contribution in [-0.4, -0.2) is 44.6 Å². The summed E-state index contributed by atoms with van der Waals surface area (Å²) in [7, 11) is 3.14. The van der Waals surface area contributed by atoms with Crippen LogP contribution in [0.3, 0.4) is 0 Å². The van der Waals surface area contributed by atoms with Gasteiger partial charge >= 0.3 is 0 Å². The van der Waals surface area contributed by atoms with Gasteiger partial charge in [0.25, 0.3) is 5.91 Å². The van der Waals surface area contributed by atoms with E-state index in [4.69, 9.17) is 26.4 Å². The summed E-state index contributed by atoms with van der Waals surface area (Å²) in [5.74, 6) is 1.54. The maximum Gasteiger partial charge on any atom is 0.257 e. The predicted molar refractivity (Wildman–Crippen MR) is 117 cm³/mol. The molecule has 0 unspecified atom stereocenters. The maximum atomic E-state index is 11.5. The lowest BCUT2D eigenvalue weighted by atomic mass is 10.2. The number of carbonyl (C=O) groups is 1. The van der Waals surface area contributed by atoms with Gasteiger partial charge in [-0.15, -0.1) is 0 Å². The molecule has 0 bridgehead atoms. The second-order valence-corrected chi connectivity index (χ2v) is 6.11. The van der Waals surface area contributed by atoms with Crippen molar-refractivity contribution in [1.82, 2.24) is 10.7 Å². The van der Waals surface area contributed by atoms with Crippen LogP contribution in [0, 0.1) is 0 Å². The van der Waals surface area contributed by atoms with Crippen molar-refractivity contribution in [2.75, 3.05) is 32.7 Å². The van der Waals surface area contributed by atoms with Crippen molar-refractivity contribution < 1.29 is 19.0 Å². The van der Waals surface area contributed by atoms with Gasteiger partial charge in [-0.1, -0.05) is 0 Å². The molecule has 0 heterocycles. The Morgan fingerprint density at radius 3 is 2.52 bits per heavy atom. The Kier molecular flexibility index (Phi) is 8.71. The molecule has 0 saturated heterocycles. The van der Waals surface area contributed by atoms with E-state index < -0.39 is 0 Å². The van der Waals surface area contributed by atoms with Crippen LogP contribution in [0.1, 0.15) is 12.5 Å². The van der Waals surface area contributed by atoms with Crippen LogP contribution >= 0.6 is 12.2 Å². The van der Waals surface area contributed by atoms with E-state index in [1.807, 2.05) is 31.2 Å². The number of benzene rings is 2. The van der Waals surface area contributed by atoms with Gasteiger partial charge in [0.1, 0.15) is 5.75 Å². The van der Waals surface area contributed by atoms with Crippen LogP contribution < -0.4 is 30.3 Å². The van der Waals surface area contributed by atoms with Gasteiger partial charge in [0.05, 0.1) is 20.4 Å². The van der Waals surface area contributed by atoms with Gasteiger partial charge in [-0.3, -0.25) is 10.2 Å². The van der Waals surface area contributed by atoms with Crippen molar-refractivity contribution in [2.45, 2.75) is 6.92 Å². The Morgan fingerprint density at radius 2 is 1.86 bits per heavy atom. The first-order chi connectivity index (χ1) is 14.0. The first-order valence-corrected chi connectivity index (χ1v) is 9.28. The highest BCUT2D eigenvalue weighted by Crippen LogP contribution is 2.27. The average molecular weight is 417 g/mol. The number of hydrazone groups is 1. The summed E-state index contributed by atoms with van der Waals surface area (Å²) in [6.45, 7) is 2.32. The van der Waals surface area contributed by atoms with Gasteiger partial charge in [0, 0.05) is 12.2 Å². The van der Waals surface area contributed by atoms with Crippen LogP contribution in [-0.2, 0) is 4.79 Å². The lowest BCUT2D eigenvalue weighted by Crippen LogP contribution is -2.28. The van der Waals surface area contributed by atoms with E-state index in [0.29, 0.717) is 23.2 Å². The molecule has 0 aromatic heterocycles. The second-order valence-electron chi connectivity index (χ2n) is 5.71. The number of hydrogen-bond donors (Lipinski definition) is 3. The fourth-order valence-electron chi connectivity index (χ4n) is 2.27. The molecule has 2 aromatic carbocycles. The van der Waals surface area contributed by atoms with Crippen LogP contribution in [0.2, 0.25) is 0 Å². The van der Waals surface area contributed by atoms with Crippen molar-refractivity contribution in [1.29, 1.82) is 0 Å². The summed E-state index contributed by atoms with van der Waals surface area (Å²) >= 11 is 5.21. The average Bonchev–Trinajstić information content (AvgIpc) is 2.73. The second kappa shape index (κ2) is 11.5. The smallest absolute Gasteiger partial charge is 0.257 e. The number of nitrogens with one attached hydrogen (secondary N) is 3. The Balaban J connectivity index is 1.90. The van der Waals surface area contributed by atoms with Gasteiger partial charge in [-0.05, 0) is 67.2 Å². The number of anilines is 1. The molecule has 0 aliphatic rings. The lowest BCUT2D eigenvalue weighted by Gasteiger charge is -2.11. The van der Waals surface area contributed by atoms with Gasteiger partial charge in [-0.2, -0.15) is 5.10 Å². The molecule has 9 heteroatoms. The molecule has 0 radical (unpaired) electrons. The zero-order valence-corrected chi connectivity index (χ0v) is 17.3. The number of methoxy groups -OCH3 is 2. The van der Waals surface area contributed by atoms with Crippen molar-refractivity contribution in [3.05, 3.63) is 48.0 Å². The van der Waals surface area contributed by atoms with E-state index in [1.54, 1.807) is 31.5 Å². The molecule has 3 N–H and O–H groups in total. The predicted octanol–water partition coefficient (Wildman–Crippen LogP) is 2.54. The minimum absolute atomic E-state index is 0.0789. The van der Waals surface area contributed by atoms with Crippen molar-refractivity contribution in [3.8, 4) is 17.2 Å². The zero-order valence-electron chi connectivity index (χ0n) is 16.5.